The molecule has 0 radical (unpaired) electrons. The summed E-state index contributed by atoms with van der Waals surface area (Å²) in [4.78, 5) is 29.1. The number of rotatable bonds is 7. The Bertz CT molecular complexity index is 1450. The van der Waals surface area contributed by atoms with Crippen LogP contribution in [-0.2, 0) is 6.61 Å². The Balaban J connectivity index is 1.34. The number of nitrogens with zero attached hydrogens (tertiary/aromatic N) is 3. The Kier molecular flexibility index (Phi) is 6.89. The van der Waals surface area contributed by atoms with Crippen LogP contribution in [0.25, 0.3) is 10.9 Å². The van der Waals surface area contributed by atoms with Gasteiger partial charge in [-0.15, -0.1) is 0 Å². The lowest BCUT2D eigenvalue weighted by Gasteiger charge is -2.22. The van der Waals surface area contributed by atoms with E-state index in [1.54, 1.807) is 36.5 Å². The minimum Gasteiger partial charge on any atom is -0.489 e. The summed E-state index contributed by atoms with van der Waals surface area (Å²) in [6.07, 6.45) is 7.22. The van der Waals surface area contributed by atoms with Crippen molar-refractivity contribution in [2.24, 2.45) is 5.10 Å². The highest BCUT2D eigenvalue weighted by atomic mass is 16.5. The van der Waals surface area contributed by atoms with Gasteiger partial charge >= 0.3 is 5.97 Å². The number of hydrogen-bond acceptors (Lipinski definition) is 5. The van der Waals surface area contributed by atoms with Crippen LogP contribution >= 0.6 is 0 Å². The summed E-state index contributed by atoms with van der Waals surface area (Å²) in [5, 5.41) is 14.1. The second-order valence-electron chi connectivity index (χ2n) is 9.04. The van der Waals surface area contributed by atoms with Crippen molar-refractivity contribution < 1.29 is 14.6 Å². The highest BCUT2D eigenvalue weighted by Gasteiger charge is 2.22. The molecule has 0 aliphatic heterocycles. The molecular formula is C29H27N3O4. The Morgan fingerprint density at radius 2 is 1.72 bits per heavy atom. The van der Waals surface area contributed by atoms with Gasteiger partial charge in [-0.05, 0) is 72.5 Å². The smallest absolute Gasteiger partial charge is 0.335 e. The lowest BCUT2D eigenvalue weighted by molar-refractivity contribution is 0.0697. The summed E-state index contributed by atoms with van der Waals surface area (Å²) in [5.74, 6) is 0.700. The summed E-state index contributed by atoms with van der Waals surface area (Å²) >= 11 is 0. The number of fused-ring (bicyclic) bond motifs is 1. The molecule has 5 rings (SSSR count). The summed E-state index contributed by atoms with van der Waals surface area (Å²) in [6, 6.07) is 21.5. The zero-order chi connectivity index (χ0) is 24.9. The zero-order valence-corrected chi connectivity index (χ0v) is 19.8. The van der Waals surface area contributed by atoms with Crippen molar-refractivity contribution >= 4 is 23.1 Å². The molecule has 0 bridgehead atoms. The van der Waals surface area contributed by atoms with E-state index in [0.717, 1.165) is 42.6 Å². The first kappa shape index (κ1) is 23.5. The van der Waals surface area contributed by atoms with Crippen LogP contribution in [0.4, 0.5) is 0 Å². The number of para-hydroxylation sites is 1. The molecule has 0 unspecified atom stereocenters. The number of hydrogen-bond donors (Lipinski definition) is 1. The van der Waals surface area contributed by atoms with Crippen molar-refractivity contribution in [1.29, 1.82) is 0 Å². The van der Waals surface area contributed by atoms with E-state index in [-0.39, 0.29) is 17.0 Å². The van der Waals surface area contributed by atoms with Crippen molar-refractivity contribution in [1.82, 2.24) is 9.66 Å². The SMILES string of the molecule is O=C(O)c1ccc(COc2ccc(C=Nn3c(C4CCCCC4)nc4ccccc4c3=O)cc2)cc1. The van der Waals surface area contributed by atoms with Gasteiger partial charge in [-0.1, -0.05) is 43.5 Å². The van der Waals surface area contributed by atoms with E-state index >= 15 is 0 Å². The standard InChI is InChI=1S/C29H27N3O4/c33-28-25-8-4-5-9-26(25)31-27(22-6-2-1-3-7-22)32(28)30-18-20-12-16-24(17-13-20)36-19-21-10-14-23(15-11-21)29(34)35/h4-5,8-18,22H,1-3,6-7,19H2,(H,34,35). The molecule has 182 valence electrons. The Labute approximate surface area is 208 Å². The predicted molar refractivity (Wildman–Crippen MR) is 139 cm³/mol. The number of carboxylic acid groups (broad SMARTS) is 1. The fourth-order valence-corrected chi connectivity index (χ4v) is 4.56. The fraction of sp³-hybridized carbons (Fsp3) is 0.241. The Morgan fingerprint density at radius 3 is 2.44 bits per heavy atom. The van der Waals surface area contributed by atoms with E-state index in [4.69, 9.17) is 14.8 Å². The molecule has 4 aromatic rings. The van der Waals surface area contributed by atoms with Gasteiger partial charge in [0.15, 0.2) is 0 Å². The molecule has 0 amide bonds. The van der Waals surface area contributed by atoms with E-state index in [0.29, 0.717) is 23.3 Å². The van der Waals surface area contributed by atoms with Crippen molar-refractivity contribution in [3.63, 3.8) is 0 Å². The third-order valence-corrected chi connectivity index (χ3v) is 6.56. The molecule has 1 aliphatic rings. The molecule has 1 N–H and O–H groups in total. The van der Waals surface area contributed by atoms with Gasteiger partial charge in [0.2, 0.25) is 0 Å². The number of carboxylic acids is 1. The molecule has 0 saturated heterocycles. The minimum atomic E-state index is -0.952. The molecule has 7 heteroatoms. The lowest BCUT2D eigenvalue weighted by atomic mass is 9.88. The molecular weight excluding hydrogens is 454 g/mol. The minimum absolute atomic E-state index is 0.147. The first-order chi connectivity index (χ1) is 17.6. The number of benzene rings is 3. The summed E-state index contributed by atoms with van der Waals surface area (Å²) in [7, 11) is 0. The topological polar surface area (TPSA) is 93.8 Å². The van der Waals surface area contributed by atoms with Gasteiger partial charge in [0.1, 0.15) is 18.2 Å². The monoisotopic (exact) mass is 481 g/mol. The number of aromatic carboxylic acids is 1. The summed E-state index contributed by atoms with van der Waals surface area (Å²) in [6.45, 7) is 0.330. The third kappa shape index (κ3) is 5.20. The molecule has 1 aliphatic carbocycles. The van der Waals surface area contributed by atoms with Gasteiger partial charge in [0.25, 0.3) is 5.56 Å². The Morgan fingerprint density at radius 1 is 1.00 bits per heavy atom. The number of ether oxygens (including phenoxy) is 1. The second kappa shape index (κ2) is 10.6. The van der Waals surface area contributed by atoms with Crippen LogP contribution in [0.2, 0.25) is 0 Å². The molecule has 36 heavy (non-hydrogen) atoms. The van der Waals surface area contributed by atoms with E-state index in [9.17, 15) is 9.59 Å². The van der Waals surface area contributed by atoms with E-state index in [1.807, 2.05) is 42.5 Å². The largest absolute Gasteiger partial charge is 0.489 e. The van der Waals surface area contributed by atoms with Crippen LogP contribution in [0.1, 0.15) is 65.3 Å². The predicted octanol–water partition coefficient (Wildman–Crippen LogP) is 5.60. The van der Waals surface area contributed by atoms with Crippen LogP contribution < -0.4 is 10.3 Å². The number of carbonyl (C=O) groups is 1. The van der Waals surface area contributed by atoms with Gasteiger partial charge in [0.05, 0.1) is 22.7 Å². The van der Waals surface area contributed by atoms with Gasteiger partial charge < -0.3 is 9.84 Å². The highest BCUT2D eigenvalue weighted by molar-refractivity contribution is 5.87. The van der Waals surface area contributed by atoms with Crippen LogP contribution in [0.5, 0.6) is 5.75 Å². The molecule has 0 atom stereocenters. The summed E-state index contributed by atoms with van der Waals surface area (Å²) in [5.41, 5.74) is 2.53. The van der Waals surface area contributed by atoms with Crippen LogP contribution in [-0.4, -0.2) is 27.0 Å². The average Bonchev–Trinajstić information content (AvgIpc) is 2.92. The van der Waals surface area contributed by atoms with Gasteiger partial charge in [-0.2, -0.15) is 9.78 Å². The first-order valence-corrected chi connectivity index (χ1v) is 12.2. The molecule has 0 spiro atoms. The molecule has 3 aromatic carbocycles. The van der Waals surface area contributed by atoms with E-state index in [1.165, 1.54) is 11.1 Å². The average molecular weight is 482 g/mol. The van der Waals surface area contributed by atoms with E-state index < -0.39 is 5.97 Å². The van der Waals surface area contributed by atoms with Crippen LogP contribution in [0.15, 0.2) is 82.7 Å². The molecule has 1 aromatic heterocycles. The molecule has 1 fully saturated rings. The first-order valence-electron chi connectivity index (χ1n) is 12.2. The van der Waals surface area contributed by atoms with E-state index in [2.05, 4.69) is 5.10 Å². The maximum Gasteiger partial charge on any atom is 0.335 e. The number of aromatic nitrogens is 2. The summed E-state index contributed by atoms with van der Waals surface area (Å²) < 4.78 is 7.29. The molecule has 1 saturated carbocycles. The van der Waals surface area contributed by atoms with Crippen LogP contribution in [0.3, 0.4) is 0 Å². The molecule has 7 nitrogen and oxygen atoms in total. The van der Waals surface area contributed by atoms with Gasteiger partial charge in [-0.3, -0.25) is 4.79 Å². The maximum atomic E-state index is 13.3. The molecule has 1 heterocycles. The van der Waals surface area contributed by atoms with Gasteiger partial charge in [0, 0.05) is 5.92 Å². The fourth-order valence-electron chi connectivity index (χ4n) is 4.56. The third-order valence-electron chi connectivity index (χ3n) is 6.56. The normalized spacial score (nSPS) is 14.3. The van der Waals surface area contributed by atoms with Crippen molar-refractivity contribution in [2.75, 3.05) is 0 Å². The zero-order valence-electron chi connectivity index (χ0n) is 19.8. The maximum absolute atomic E-state index is 13.3. The quantitative estimate of drug-likeness (QED) is 0.347. The van der Waals surface area contributed by atoms with Crippen LogP contribution in [0, 0.1) is 0 Å². The van der Waals surface area contributed by atoms with Crippen molar-refractivity contribution in [3.8, 4) is 5.75 Å². The van der Waals surface area contributed by atoms with Crippen molar-refractivity contribution in [3.05, 3.63) is 106 Å². The van der Waals surface area contributed by atoms with Gasteiger partial charge in [-0.25, -0.2) is 9.78 Å². The second-order valence-corrected chi connectivity index (χ2v) is 9.04. The Hall–Kier alpha value is -4.26. The lowest BCUT2D eigenvalue weighted by Crippen LogP contribution is -2.25. The highest BCUT2D eigenvalue weighted by Crippen LogP contribution is 2.31. The van der Waals surface area contributed by atoms with Crippen molar-refractivity contribution in [2.45, 2.75) is 44.6 Å².